The number of nitrogens with one attached hydrogen (secondary N) is 9. The second-order valence-electron chi connectivity index (χ2n) is 19.5. The van der Waals surface area contributed by atoms with E-state index in [1.165, 1.54) is 0 Å². The fourth-order valence-corrected chi connectivity index (χ4v) is 12.2. The molecule has 5 atom stereocenters. The number of piperidine rings is 2. The molecule has 11 N–H and O–H groups in total. The molecule has 4 saturated heterocycles. The summed E-state index contributed by atoms with van der Waals surface area (Å²) in [4.78, 5) is 96.1. The van der Waals surface area contributed by atoms with E-state index in [4.69, 9.17) is 0 Å². The molecule has 1 aromatic heterocycles. The molecular weight excluding hydrogens is 1030 g/mol. The number of unbranched alkanes of at least 4 members (excludes halogenated alkanes) is 6. The van der Waals surface area contributed by atoms with Crippen LogP contribution < -0.4 is 52.3 Å². The van der Waals surface area contributed by atoms with Gasteiger partial charge in [0.15, 0.2) is 0 Å². The molecule has 0 bridgehead atoms. The van der Waals surface area contributed by atoms with Crippen molar-refractivity contribution in [1.29, 1.82) is 0 Å². The number of fused-ring (bicyclic) bond motifs is 1. The lowest BCUT2D eigenvalue weighted by molar-refractivity contribution is -0.129. The van der Waals surface area contributed by atoms with Gasteiger partial charge in [0.2, 0.25) is 47.3 Å². The Morgan fingerprint density at radius 1 is 0.662 bits per heavy atom. The second kappa shape index (κ2) is 29.9. The van der Waals surface area contributed by atoms with Gasteiger partial charge in [-0.25, -0.2) is 9.89 Å². The fourth-order valence-electron chi connectivity index (χ4n) is 9.33. The molecule has 0 aliphatic carbocycles. The molecule has 5 rings (SSSR count). The third kappa shape index (κ3) is 21.7. The van der Waals surface area contributed by atoms with E-state index in [0.717, 1.165) is 37.9 Å². The van der Waals surface area contributed by atoms with Gasteiger partial charge in [0.25, 0.3) is 20.2 Å². The molecule has 4 fully saturated rings. The Morgan fingerprint density at radius 3 is 1.66 bits per heavy atom. The molecule has 0 spiro atoms. The number of carbonyl (C=O) groups excluding carboxylic acids is 7. The van der Waals surface area contributed by atoms with Gasteiger partial charge in [0, 0.05) is 88.0 Å². The maximum Gasteiger partial charge on any atom is 0.315 e. The Kier molecular flexibility index (Phi) is 24.2. The molecule has 1 aromatic rings. The third-order valence-electron chi connectivity index (χ3n) is 13.4. The van der Waals surface area contributed by atoms with Crippen LogP contribution in [0.3, 0.4) is 0 Å². The van der Waals surface area contributed by atoms with E-state index in [1.807, 2.05) is 28.5 Å². The predicted molar refractivity (Wildman–Crippen MR) is 276 cm³/mol. The molecule has 418 valence electrons. The highest BCUT2D eigenvalue weighted by molar-refractivity contribution is 8.00. The predicted octanol–water partition coefficient (Wildman–Crippen LogP) is -0.0109. The van der Waals surface area contributed by atoms with Crippen LogP contribution in [0.15, 0.2) is 0 Å². The van der Waals surface area contributed by atoms with Gasteiger partial charge in [-0.1, -0.05) is 32.6 Å². The maximum atomic E-state index is 13.3. The average molecular weight is 1100 g/mol. The normalized spacial score (nSPS) is 20.1. The second-order valence-corrected chi connectivity index (χ2v) is 23.8. The summed E-state index contributed by atoms with van der Waals surface area (Å²) in [6.07, 6.45) is 10.4. The third-order valence-corrected chi connectivity index (χ3v) is 16.4. The number of hydrogen-bond acceptors (Lipinski definition) is 16. The molecule has 5 heterocycles. The Labute approximate surface area is 437 Å². The molecule has 4 unspecified atom stereocenters. The first-order chi connectivity index (χ1) is 35.2. The summed E-state index contributed by atoms with van der Waals surface area (Å²) in [6, 6.07) is -3.54. The Balaban J connectivity index is 0.946. The Morgan fingerprint density at radius 2 is 1.15 bits per heavy atom. The number of amides is 8. The molecule has 26 nitrogen and oxygen atoms in total. The number of rotatable bonds is 32. The lowest BCUT2D eigenvalue weighted by atomic mass is 10.0. The van der Waals surface area contributed by atoms with E-state index in [1.54, 1.807) is 0 Å². The summed E-state index contributed by atoms with van der Waals surface area (Å²) in [6.45, 7) is 4.71. The average Bonchev–Trinajstić information content (AvgIpc) is 4.08. The van der Waals surface area contributed by atoms with Gasteiger partial charge in [-0.15, -0.1) is 5.10 Å². The van der Waals surface area contributed by atoms with Gasteiger partial charge in [-0.2, -0.15) is 33.6 Å². The molecule has 0 saturated carbocycles. The van der Waals surface area contributed by atoms with Gasteiger partial charge in [-0.3, -0.25) is 37.9 Å². The minimum Gasteiger partial charge on any atom is -0.356 e. The van der Waals surface area contributed by atoms with Crippen molar-refractivity contribution < 1.29 is 59.5 Å². The Bertz CT molecular complexity index is 2260. The van der Waals surface area contributed by atoms with Crippen LogP contribution in [0.5, 0.6) is 0 Å². The number of thioether (sulfide) groups is 1. The first kappa shape index (κ1) is 59.9. The van der Waals surface area contributed by atoms with Crippen molar-refractivity contribution in [2.75, 3.05) is 66.3 Å². The van der Waals surface area contributed by atoms with E-state index in [2.05, 4.69) is 57.7 Å². The summed E-state index contributed by atoms with van der Waals surface area (Å²) in [7, 11) is -9.24. The molecule has 74 heavy (non-hydrogen) atoms. The van der Waals surface area contributed by atoms with Crippen molar-refractivity contribution in [3.63, 3.8) is 0 Å². The first-order valence-corrected chi connectivity index (χ1v) is 30.3. The summed E-state index contributed by atoms with van der Waals surface area (Å²) in [5.74, 6) is -2.81. The number of hydrogen-bond donors (Lipinski definition) is 11. The van der Waals surface area contributed by atoms with Crippen LogP contribution in [-0.2, 0) is 49.0 Å². The van der Waals surface area contributed by atoms with Crippen LogP contribution in [0.25, 0.3) is 0 Å². The van der Waals surface area contributed by atoms with Crippen molar-refractivity contribution in [2.45, 2.75) is 170 Å². The van der Waals surface area contributed by atoms with Crippen molar-refractivity contribution in [2.24, 2.45) is 0 Å². The minimum absolute atomic E-state index is 0.0131. The van der Waals surface area contributed by atoms with Crippen molar-refractivity contribution in [3.05, 3.63) is 0 Å². The quantitative estimate of drug-likeness (QED) is 0.0257. The summed E-state index contributed by atoms with van der Waals surface area (Å²) in [5.41, 5.74) is 0. The maximum absolute atomic E-state index is 13.3. The highest BCUT2D eigenvalue weighted by Gasteiger charge is 2.42. The lowest BCUT2D eigenvalue weighted by Crippen LogP contribution is -2.54. The zero-order valence-electron chi connectivity index (χ0n) is 42.2. The zero-order chi connectivity index (χ0) is 53.7. The topological polar surface area (TPSA) is 373 Å². The molecule has 0 aromatic carbocycles. The highest BCUT2D eigenvalue weighted by atomic mass is 32.2. The van der Waals surface area contributed by atoms with Gasteiger partial charge in [0.1, 0.15) is 23.6 Å². The summed E-state index contributed by atoms with van der Waals surface area (Å²) in [5, 5.41) is 29.8. The van der Waals surface area contributed by atoms with E-state index in [9.17, 15) is 59.5 Å². The molecule has 4 aliphatic rings. The van der Waals surface area contributed by atoms with Crippen LogP contribution in [0.2, 0.25) is 0 Å². The standard InChI is InChI=1S/C45H77N13O13S3/c1-2-3-13-36(59)46-21-10-4-6-15-38(61)50-33(28-73(66,67)68)41(63)48-30-17-23-57(24-18-30)43-54-44(56-55-43)58-25-19-31(20-26-58)49-42(64)34(29-74(69,70)71)51-39(62)16-7-5-11-22-47-37(60)14-9-8-12-35-40-32(27-72-35)52-45(65)53-40/h30-35,40H,2-29H2,1H3,(H,46,59)(H,47,60)(H,48,63)(H,49,64)(H,50,61)(H,51,62)(H2,52,53,65)(H,54,55,56)(H,66,67,68)(H,69,70,71)/t32?,33?,34?,35-,40?/m0/s1. The van der Waals surface area contributed by atoms with Gasteiger partial charge < -0.3 is 52.3 Å². The van der Waals surface area contributed by atoms with Crippen LogP contribution in [0.4, 0.5) is 16.7 Å². The largest absolute Gasteiger partial charge is 0.356 e. The number of anilines is 2. The van der Waals surface area contributed by atoms with E-state index < -0.39 is 67.5 Å². The minimum atomic E-state index is -4.63. The number of urea groups is 1. The number of carbonyl (C=O) groups is 7. The molecule has 29 heteroatoms. The van der Waals surface area contributed by atoms with Gasteiger partial charge in [-0.05, 0) is 70.6 Å². The van der Waals surface area contributed by atoms with Crippen molar-refractivity contribution >= 4 is 85.4 Å². The van der Waals surface area contributed by atoms with Crippen molar-refractivity contribution in [1.82, 2.24) is 57.7 Å². The smallest absolute Gasteiger partial charge is 0.315 e. The van der Waals surface area contributed by atoms with Gasteiger partial charge >= 0.3 is 6.03 Å². The lowest BCUT2D eigenvalue weighted by Gasteiger charge is -2.33. The van der Waals surface area contributed by atoms with E-state index >= 15 is 0 Å². The van der Waals surface area contributed by atoms with Crippen LogP contribution in [-0.4, -0.2) is 181 Å². The SMILES string of the molecule is CCCCC(=O)NCCCCCC(=O)NC(CS(=O)(=O)O)C(=O)NC1CCN(c2n[nH]c(N3CCC(NC(=O)C(CS(=O)(=O)O)NC(=O)CCCCCNC(=O)CCCC[C@@H]4SCC5NC(=O)NC54)CC3)n2)CC1. The van der Waals surface area contributed by atoms with E-state index in [-0.39, 0.29) is 54.9 Å². The van der Waals surface area contributed by atoms with Crippen LogP contribution in [0, 0.1) is 0 Å². The summed E-state index contributed by atoms with van der Waals surface area (Å²) >= 11 is 1.84. The number of aromatic nitrogens is 3. The molecule has 8 amide bonds. The molecular formula is C45H77N13O13S3. The van der Waals surface area contributed by atoms with Crippen LogP contribution in [0.1, 0.15) is 129 Å². The first-order valence-electron chi connectivity index (χ1n) is 26.0. The number of H-pyrrole nitrogens is 1. The number of nitrogens with zero attached hydrogens (tertiary/aromatic N) is 4. The highest BCUT2D eigenvalue weighted by Crippen LogP contribution is 2.33. The monoisotopic (exact) mass is 1100 g/mol. The molecule has 4 aliphatic heterocycles. The Hall–Kier alpha value is -5.00. The van der Waals surface area contributed by atoms with Gasteiger partial charge in [0.05, 0.1) is 12.1 Å². The molecule has 0 radical (unpaired) electrons. The zero-order valence-corrected chi connectivity index (χ0v) is 44.7. The fraction of sp³-hybridized carbons (Fsp3) is 0.800. The van der Waals surface area contributed by atoms with Crippen LogP contribution >= 0.6 is 11.8 Å². The van der Waals surface area contributed by atoms with Crippen molar-refractivity contribution in [3.8, 4) is 0 Å². The summed E-state index contributed by atoms with van der Waals surface area (Å²) < 4.78 is 66.3. The number of aromatic amines is 1. The van der Waals surface area contributed by atoms with E-state index in [0.29, 0.717) is 133 Å².